The van der Waals surface area contributed by atoms with Crippen LogP contribution in [0.5, 0.6) is 0 Å². The first-order chi connectivity index (χ1) is 13.8. The quantitative estimate of drug-likeness (QED) is 0.683. The summed E-state index contributed by atoms with van der Waals surface area (Å²) in [4.78, 5) is 12.3. The van der Waals surface area contributed by atoms with E-state index in [0.29, 0.717) is 16.0 Å². The first kappa shape index (κ1) is 20.0. The highest BCUT2D eigenvalue weighted by Crippen LogP contribution is 2.38. The number of benzene rings is 2. The number of halogens is 1. The third-order valence-corrected chi connectivity index (χ3v) is 8.05. The number of fused-ring (bicyclic) bond motifs is 1. The Labute approximate surface area is 171 Å². The highest BCUT2D eigenvalue weighted by molar-refractivity contribution is 7.89. The fourth-order valence-electron chi connectivity index (χ4n) is 3.47. The first-order valence-electron chi connectivity index (χ1n) is 8.98. The van der Waals surface area contributed by atoms with Crippen molar-refractivity contribution in [3.8, 4) is 0 Å². The highest BCUT2D eigenvalue weighted by Gasteiger charge is 2.34. The van der Waals surface area contributed by atoms with Crippen molar-refractivity contribution in [3.63, 3.8) is 0 Å². The fourth-order valence-corrected chi connectivity index (χ4v) is 6.01. The number of aryl methyl sites for hydroxylation is 1. The molecule has 9 heteroatoms. The highest BCUT2D eigenvalue weighted by atomic mass is 32.2. The van der Waals surface area contributed by atoms with Crippen molar-refractivity contribution in [2.75, 3.05) is 19.7 Å². The molecule has 3 aromatic rings. The van der Waals surface area contributed by atoms with Crippen LogP contribution in [-0.2, 0) is 14.8 Å². The maximum atomic E-state index is 13.9. The molecular weight excluding hydrogens is 415 g/mol. The van der Waals surface area contributed by atoms with Gasteiger partial charge in [-0.3, -0.25) is 4.79 Å². The zero-order valence-corrected chi connectivity index (χ0v) is 17.2. The van der Waals surface area contributed by atoms with Gasteiger partial charge in [0, 0.05) is 23.4 Å². The van der Waals surface area contributed by atoms with Crippen LogP contribution >= 0.6 is 11.3 Å². The van der Waals surface area contributed by atoms with Gasteiger partial charge in [-0.25, -0.2) is 12.8 Å². The Hall–Kier alpha value is -2.33. The van der Waals surface area contributed by atoms with E-state index in [-0.39, 0.29) is 24.6 Å². The van der Waals surface area contributed by atoms with Crippen LogP contribution in [0.2, 0.25) is 0 Å². The van der Waals surface area contributed by atoms with Crippen LogP contribution in [0.1, 0.15) is 26.9 Å². The van der Waals surface area contributed by atoms with E-state index in [2.05, 4.69) is 0 Å². The second-order valence-corrected chi connectivity index (χ2v) is 9.83. The summed E-state index contributed by atoms with van der Waals surface area (Å²) in [6.07, 6.45) is -0.646. The SMILES string of the molecule is Cc1ccc(S(=O)(=O)N2CCO[C@@H](c3c(C(N)=O)sc4ccccc34)C2)cc1F. The van der Waals surface area contributed by atoms with Gasteiger partial charge in [0.2, 0.25) is 10.0 Å². The van der Waals surface area contributed by atoms with Crippen molar-refractivity contribution >= 4 is 37.4 Å². The molecule has 0 bridgehead atoms. The molecule has 1 saturated heterocycles. The summed E-state index contributed by atoms with van der Waals surface area (Å²) in [6, 6.07) is 11.3. The normalized spacial score (nSPS) is 18.2. The molecule has 1 aliphatic heterocycles. The average molecular weight is 435 g/mol. The number of nitrogens with zero attached hydrogens (tertiary/aromatic N) is 1. The molecule has 1 amide bonds. The fraction of sp³-hybridized carbons (Fsp3) is 0.250. The number of sulfonamides is 1. The number of morpholine rings is 1. The van der Waals surface area contributed by atoms with Crippen molar-refractivity contribution in [1.82, 2.24) is 4.31 Å². The molecule has 29 heavy (non-hydrogen) atoms. The summed E-state index contributed by atoms with van der Waals surface area (Å²) in [6.45, 7) is 1.88. The number of nitrogens with two attached hydrogens (primary N) is 1. The Bertz CT molecular complexity index is 1210. The lowest BCUT2D eigenvalue weighted by Crippen LogP contribution is -2.42. The summed E-state index contributed by atoms with van der Waals surface area (Å²) in [5.74, 6) is -1.15. The summed E-state index contributed by atoms with van der Waals surface area (Å²) >= 11 is 1.26. The lowest BCUT2D eigenvalue weighted by atomic mass is 10.0. The molecular formula is C20H19FN2O4S2. The van der Waals surface area contributed by atoms with Crippen LogP contribution in [0.15, 0.2) is 47.4 Å². The third kappa shape index (κ3) is 3.55. The molecule has 0 saturated carbocycles. The molecule has 4 rings (SSSR count). The molecule has 2 N–H and O–H groups in total. The van der Waals surface area contributed by atoms with Crippen LogP contribution in [0, 0.1) is 12.7 Å². The molecule has 1 atom stereocenters. The molecule has 6 nitrogen and oxygen atoms in total. The van der Waals surface area contributed by atoms with Gasteiger partial charge in [0.05, 0.1) is 22.5 Å². The molecule has 2 heterocycles. The minimum Gasteiger partial charge on any atom is -0.371 e. The van der Waals surface area contributed by atoms with Crippen LogP contribution in [0.25, 0.3) is 10.1 Å². The molecule has 0 unspecified atom stereocenters. The van der Waals surface area contributed by atoms with E-state index in [0.717, 1.165) is 16.2 Å². The van der Waals surface area contributed by atoms with Gasteiger partial charge < -0.3 is 10.5 Å². The van der Waals surface area contributed by atoms with E-state index in [9.17, 15) is 17.6 Å². The Morgan fingerprint density at radius 3 is 2.76 bits per heavy atom. The number of ether oxygens (including phenoxy) is 1. The third-order valence-electron chi connectivity index (χ3n) is 4.99. The number of hydrogen-bond acceptors (Lipinski definition) is 5. The number of hydrogen-bond donors (Lipinski definition) is 1. The maximum absolute atomic E-state index is 13.9. The number of thiophene rings is 1. The molecule has 0 spiro atoms. The summed E-state index contributed by atoms with van der Waals surface area (Å²) in [7, 11) is -3.91. The Kier molecular flexibility index (Phi) is 5.16. The number of rotatable bonds is 4. The topological polar surface area (TPSA) is 89.7 Å². The molecule has 1 fully saturated rings. The van der Waals surface area contributed by atoms with E-state index >= 15 is 0 Å². The standard InChI is InChI=1S/C20H19FN2O4S2/c1-12-6-7-13(10-15(12)21)29(25,26)23-8-9-27-16(11-23)18-14-4-2-3-5-17(14)28-19(18)20(22)24/h2-7,10,16H,8-9,11H2,1H3,(H2,22,24)/t16-/m1/s1. The summed E-state index contributed by atoms with van der Waals surface area (Å²) in [5, 5.41) is 0.817. The van der Waals surface area contributed by atoms with Crippen molar-refractivity contribution in [2.24, 2.45) is 5.73 Å². The zero-order valence-electron chi connectivity index (χ0n) is 15.6. The minimum absolute atomic E-state index is 0.0127. The van der Waals surface area contributed by atoms with Gasteiger partial charge in [-0.2, -0.15) is 4.31 Å². The largest absolute Gasteiger partial charge is 0.371 e. The molecule has 2 aromatic carbocycles. The number of carbonyl (C=O) groups excluding carboxylic acids is 1. The smallest absolute Gasteiger partial charge is 0.259 e. The van der Waals surface area contributed by atoms with Crippen molar-refractivity contribution in [1.29, 1.82) is 0 Å². The van der Waals surface area contributed by atoms with Gasteiger partial charge in [-0.05, 0) is 36.1 Å². The first-order valence-corrected chi connectivity index (χ1v) is 11.2. The molecule has 152 valence electrons. The van der Waals surface area contributed by atoms with Gasteiger partial charge in [0.1, 0.15) is 5.82 Å². The zero-order chi connectivity index (χ0) is 20.8. The Balaban J connectivity index is 1.72. The molecule has 0 radical (unpaired) electrons. The second-order valence-electron chi connectivity index (χ2n) is 6.84. The van der Waals surface area contributed by atoms with Gasteiger partial charge in [0.15, 0.2) is 0 Å². The predicted molar refractivity (Wildman–Crippen MR) is 109 cm³/mol. The van der Waals surface area contributed by atoms with Crippen LogP contribution in [-0.4, -0.2) is 38.3 Å². The van der Waals surface area contributed by atoms with E-state index in [1.807, 2.05) is 24.3 Å². The van der Waals surface area contributed by atoms with E-state index < -0.39 is 27.9 Å². The lowest BCUT2D eigenvalue weighted by Gasteiger charge is -2.32. The van der Waals surface area contributed by atoms with Gasteiger partial charge in [0.25, 0.3) is 5.91 Å². The predicted octanol–water partition coefficient (Wildman–Crippen LogP) is 3.21. The second kappa shape index (κ2) is 7.49. The molecule has 1 aliphatic rings. The van der Waals surface area contributed by atoms with Crippen molar-refractivity contribution in [3.05, 3.63) is 64.3 Å². The molecule has 1 aromatic heterocycles. The monoisotopic (exact) mass is 434 g/mol. The van der Waals surface area contributed by atoms with E-state index in [1.165, 1.54) is 27.8 Å². The summed E-state index contributed by atoms with van der Waals surface area (Å²) < 4.78 is 48.0. The van der Waals surface area contributed by atoms with Gasteiger partial charge in [-0.15, -0.1) is 11.3 Å². The van der Waals surface area contributed by atoms with E-state index in [1.54, 1.807) is 6.92 Å². The number of primary amides is 1. The number of amides is 1. The Morgan fingerprint density at radius 2 is 2.03 bits per heavy atom. The van der Waals surface area contributed by atoms with E-state index in [4.69, 9.17) is 10.5 Å². The van der Waals surface area contributed by atoms with Crippen LogP contribution < -0.4 is 5.73 Å². The Morgan fingerprint density at radius 1 is 1.28 bits per heavy atom. The minimum atomic E-state index is -3.91. The van der Waals surface area contributed by atoms with Gasteiger partial charge >= 0.3 is 0 Å². The number of carbonyl (C=O) groups is 1. The van der Waals surface area contributed by atoms with Crippen molar-refractivity contribution in [2.45, 2.75) is 17.9 Å². The van der Waals surface area contributed by atoms with Crippen molar-refractivity contribution < 1.29 is 22.3 Å². The van der Waals surface area contributed by atoms with Crippen LogP contribution in [0.4, 0.5) is 4.39 Å². The van der Waals surface area contributed by atoms with Crippen LogP contribution in [0.3, 0.4) is 0 Å². The van der Waals surface area contributed by atoms with Gasteiger partial charge in [-0.1, -0.05) is 24.3 Å². The lowest BCUT2D eigenvalue weighted by molar-refractivity contribution is -0.00189. The maximum Gasteiger partial charge on any atom is 0.259 e. The summed E-state index contributed by atoms with van der Waals surface area (Å²) in [5.41, 5.74) is 6.55. The molecule has 0 aliphatic carbocycles. The average Bonchev–Trinajstić information content (AvgIpc) is 3.10.